The molecule has 2 aromatic rings. The summed E-state index contributed by atoms with van der Waals surface area (Å²) in [5, 5.41) is 2.74. The molecule has 1 aliphatic heterocycles. The van der Waals surface area contributed by atoms with E-state index in [-0.39, 0.29) is 29.1 Å². The SMILES string of the molecule is COc1ccc(NC(=O)COc2cc(C)ccc2C(C)C)cc1S(=O)(=O)N1CCCCC1. The molecule has 3 rings (SSSR count). The van der Waals surface area contributed by atoms with E-state index in [9.17, 15) is 13.2 Å². The van der Waals surface area contributed by atoms with Gasteiger partial charge in [0.2, 0.25) is 10.0 Å². The van der Waals surface area contributed by atoms with Crippen molar-refractivity contribution in [2.45, 2.75) is 50.8 Å². The van der Waals surface area contributed by atoms with Crippen molar-refractivity contribution in [3.63, 3.8) is 0 Å². The third kappa shape index (κ3) is 5.61. The van der Waals surface area contributed by atoms with E-state index < -0.39 is 10.0 Å². The van der Waals surface area contributed by atoms with Crippen molar-refractivity contribution in [1.82, 2.24) is 4.31 Å². The Labute approximate surface area is 190 Å². The number of carbonyl (C=O) groups excluding carboxylic acids is 1. The Morgan fingerprint density at radius 1 is 1.06 bits per heavy atom. The van der Waals surface area contributed by atoms with Crippen molar-refractivity contribution in [2.75, 3.05) is 32.1 Å². The highest BCUT2D eigenvalue weighted by Gasteiger charge is 2.29. The zero-order chi connectivity index (χ0) is 23.3. The van der Waals surface area contributed by atoms with E-state index in [0.717, 1.165) is 30.4 Å². The molecule has 1 aliphatic rings. The second-order valence-corrected chi connectivity index (χ2v) is 10.3. The number of sulfonamides is 1. The number of anilines is 1. The van der Waals surface area contributed by atoms with E-state index in [4.69, 9.17) is 9.47 Å². The van der Waals surface area contributed by atoms with E-state index in [0.29, 0.717) is 24.5 Å². The lowest BCUT2D eigenvalue weighted by molar-refractivity contribution is -0.118. The number of nitrogens with one attached hydrogen (secondary N) is 1. The van der Waals surface area contributed by atoms with Crippen LogP contribution in [0.25, 0.3) is 0 Å². The largest absolute Gasteiger partial charge is 0.495 e. The number of ether oxygens (including phenoxy) is 2. The second kappa shape index (κ2) is 10.4. The van der Waals surface area contributed by atoms with Crippen LogP contribution in [0.2, 0.25) is 0 Å². The van der Waals surface area contributed by atoms with Gasteiger partial charge in [-0.1, -0.05) is 32.4 Å². The summed E-state index contributed by atoms with van der Waals surface area (Å²) in [6, 6.07) is 10.6. The minimum absolute atomic E-state index is 0.0568. The summed E-state index contributed by atoms with van der Waals surface area (Å²) in [6.45, 7) is 6.91. The number of amides is 1. The number of carbonyl (C=O) groups is 1. The molecule has 1 heterocycles. The molecule has 174 valence electrons. The van der Waals surface area contributed by atoms with Crippen molar-refractivity contribution in [2.24, 2.45) is 0 Å². The van der Waals surface area contributed by atoms with E-state index in [1.807, 2.05) is 25.1 Å². The minimum atomic E-state index is -3.71. The third-order valence-electron chi connectivity index (χ3n) is 5.53. The van der Waals surface area contributed by atoms with Gasteiger partial charge in [0, 0.05) is 18.8 Å². The van der Waals surface area contributed by atoms with Crippen molar-refractivity contribution in [1.29, 1.82) is 0 Å². The standard InChI is InChI=1S/C24H32N2O5S/c1-17(2)20-10-8-18(3)14-22(20)31-16-24(27)25-19-9-11-21(30-4)23(15-19)32(28,29)26-12-6-5-7-13-26/h8-11,14-15,17H,5-7,12-13,16H2,1-4H3,(H,25,27). The van der Waals surface area contributed by atoms with Gasteiger partial charge in [0.15, 0.2) is 6.61 Å². The maximum atomic E-state index is 13.2. The molecule has 1 amide bonds. The molecular weight excluding hydrogens is 428 g/mol. The highest BCUT2D eigenvalue weighted by molar-refractivity contribution is 7.89. The van der Waals surface area contributed by atoms with Gasteiger partial charge >= 0.3 is 0 Å². The van der Waals surface area contributed by atoms with E-state index >= 15 is 0 Å². The smallest absolute Gasteiger partial charge is 0.262 e. The molecular formula is C24H32N2O5S. The predicted octanol–water partition coefficient (Wildman–Crippen LogP) is 4.32. The molecule has 1 N–H and O–H groups in total. The molecule has 32 heavy (non-hydrogen) atoms. The topological polar surface area (TPSA) is 84.9 Å². The van der Waals surface area contributed by atoms with Crippen LogP contribution in [-0.2, 0) is 14.8 Å². The monoisotopic (exact) mass is 460 g/mol. The van der Waals surface area contributed by atoms with Gasteiger partial charge in [0.25, 0.3) is 5.91 Å². The van der Waals surface area contributed by atoms with Crippen LogP contribution in [-0.4, -0.2) is 45.4 Å². The Balaban J connectivity index is 1.75. The normalized spacial score (nSPS) is 14.9. The fourth-order valence-corrected chi connectivity index (χ4v) is 5.48. The number of hydrogen-bond acceptors (Lipinski definition) is 5. The third-order valence-corrected chi connectivity index (χ3v) is 7.45. The van der Waals surface area contributed by atoms with Gasteiger partial charge in [-0.05, 0) is 61.1 Å². The summed E-state index contributed by atoms with van der Waals surface area (Å²) < 4.78 is 38.9. The Kier molecular flexibility index (Phi) is 7.79. The van der Waals surface area contributed by atoms with Gasteiger partial charge < -0.3 is 14.8 Å². The maximum Gasteiger partial charge on any atom is 0.262 e. The number of rotatable bonds is 8. The van der Waals surface area contributed by atoms with Crippen molar-refractivity contribution < 1.29 is 22.7 Å². The number of hydrogen-bond donors (Lipinski definition) is 1. The molecule has 0 aliphatic carbocycles. The summed E-state index contributed by atoms with van der Waals surface area (Å²) in [7, 11) is -2.28. The molecule has 0 atom stereocenters. The Morgan fingerprint density at radius 3 is 2.44 bits per heavy atom. The molecule has 0 spiro atoms. The van der Waals surface area contributed by atoms with Crippen LogP contribution in [0, 0.1) is 6.92 Å². The average Bonchev–Trinajstić information content (AvgIpc) is 2.78. The predicted molar refractivity (Wildman–Crippen MR) is 125 cm³/mol. The van der Waals surface area contributed by atoms with E-state index in [1.165, 1.54) is 17.5 Å². The van der Waals surface area contributed by atoms with Gasteiger partial charge in [-0.15, -0.1) is 0 Å². The molecule has 2 aromatic carbocycles. The van der Waals surface area contributed by atoms with E-state index in [2.05, 4.69) is 19.2 Å². The molecule has 7 nitrogen and oxygen atoms in total. The van der Waals surface area contributed by atoms with Crippen LogP contribution in [0.3, 0.4) is 0 Å². The lowest BCUT2D eigenvalue weighted by Crippen LogP contribution is -2.35. The summed E-state index contributed by atoms with van der Waals surface area (Å²) in [5.74, 6) is 0.829. The molecule has 0 unspecified atom stereocenters. The average molecular weight is 461 g/mol. The molecule has 8 heteroatoms. The Morgan fingerprint density at radius 2 is 1.78 bits per heavy atom. The minimum Gasteiger partial charge on any atom is -0.495 e. The quantitative estimate of drug-likeness (QED) is 0.634. The van der Waals surface area contributed by atoms with Gasteiger partial charge in [0.1, 0.15) is 16.4 Å². The van der Waals surface area contributed by atoms with Gasteiger partial charge in [-0.2, -0.15) is 4.31 Å². The van der Waals surface area contributed by atoms with Crippen LogP contribution in [0.15, 0.2) is 41.3 Å². The Hall–Kier alpha value is -2.58. The van der Waals surface area contributed by atoms with Crippen LogP contribution < -0.4 is 14.8 Å². The van der Waals surface area contributed by atoms with E-state index in [1.54, 1.807) is 12.1 Å². The second-order valence-electron chi connectivity index (χ2n) is 8.36. The summed E-state index contributed by atoms with van der Waals surface area (Å²) in [6.07, 6.45) is 2.71. The van der Waals surface area contributed by atoms with Crippen LogP contribution in [0.1, 0.15) is 50.2 Å². The number of methoxy groups -OCH3 is 1. The number of nitrogens with zero attached hydrogens (tertiary/aromatic N) is 1. The highest BCUT2D eigenvalue weighted by Crippen LogP contribution is 2.31. The first-order valence-electron chi connectivity index (χ1n) is 10.9. The first-order valence-corrected chi connectivity index (χ1v) is 12.4. The van der Waals surface area contributed by atoms with Gasteiger partial charge in [-0.25, -0.2) is 8.42 Å². The number of benzene rings is 2. The molecule has 1 fully saturated rings. The Bertz CT molecular complexity index is 1060. The zero-order valence-corrected chi connectivity index (χ0v) is 20.0. The van der Waals surface area contributed by atoms with Crippen molar-refractivity contribution in [3.05, 3.63) is 47.5 Å². The lowest BCUT2D eigenvalue weighted by Gasteiger charge is -2.26. The summed E-state index contributed by atoms with van der Waals surface area (Å²) >= 11 is 0. The van der Waals surface area contributed by atoms with Crippen LogP contribution in [0.5, 0.6) is 11.5 Å². The van der Waals surface area contributed by atoms with Gasteiger partial charge in [-0.3, -0.25) is 4.79 Å². The van der Waals surface area contributed by atoms with Crippen LogP contribution >= 0.6 is 0 Å². The fourth-order valence-electron chi connectivity index (χ4n) is 3.78. The first-order chi connectivity index (χ1) is 15.2. The van der Waals surface area contributed by atoms with Crippen molar-refractivity contribution >= 4 is 21.6 Å². The summed E-state index contributed by atoms with van der Waals surface area (Å²) in [5.41, 5.74) is 2.46. The van der Waals surface area contributed by atoms with Gasteiger partial charge in [0.05, 0.1) is 7.11 Å². The zero-order valence-electron chi connectivity index (χ0n) is 19.2. The molecule has 1 saturated heterocycles. The summed E-state index contributed by atoms with van der Waals surface area (Å²) in [4.78, 5) is 12.6. The number of aryl methyl sites for hydroxylation is 1. The lowest BCUT2D eigenvalue weighted by atomic mass is 10.0. The molecule has 0 aromatic heterocycles. The van der Waals surface area contributed by atoms with Crippen molar-refractivity contribution in [3.8, 4) is 11.5 Å². The first kappa shape index (κ1) is 24.1. The number of piperidine rings is 1. The molecule has 0 radical (unpaired) electrons. The maximum absolute atomic E-state index is 13.2. The molecule has 0 bridgehead atoms. The van der Waals surface area contributed by atoms with Crippen LogP contribution in [0.4, 0.5) is 5.69 Å². The molecule has 0 saturated carbocycles. The fraction of sp³-hybridized carbons (Fsp3) is 0.458. The highest BCUT2D eigenvalue weighted by atomic mass is 32.2.